The molecule has 0 saturated carbocycles. The summed E-state index contributed by atoms with van der Waals surface area (Å²) in [6.45, 7) is 4.99. The number of aryl methyl sites for hydroxylation is 1. The third-order valence-corrected chi connectivity index (χ3v) is 5.40. The van der Waals surface area contributed by atoms with Crippen LogP contribution >= 0.6 is 0 Å². The average molecular weight is 383 g/mol. The predicted octanol–water partition coefficient (Wildman–Crippen LogP) is 3.32. The number of phenols is 1. The second-order valence-electron chi connectivity index (χ2n) is 7.76. The molecule has 0 radical (unpaired) electrons. The first kappa shape index (κ1) is 20.4. The maximum Gasteiger partial charge on any atom is 0.338 e. The Labute approximate surface area is 166 Å². The lowest BCUT2D eigenvalue weighted by molar-refractivity contribution is -0.0216. The van der Waals surface area contributed by atoms with E-state index in [0.717, 1.165) is 38.9 Å². The van der Waals surface area contributed by atoms with Crippen LogP contribution in [0.2, 0.25) is 0 Å². The molecule has 5 heteroatoms. The zero-order valence-corrected chi connectivity index (χ0v) is 16.4. The van der Waals surface area contributed by atoms with E-state index in [-0.39, 0.29) is 11.7 Å². The number of hydrogen-bond acceptors (Lipinski definition) is 5. The first-order valence-electron chi connectivity index (χ1n) is 9.90. The first-order chi connectivity index (χ1) is 13.4. The van der Waals surface area contributed by atoms with Crippen molar-refractivity contribution in [3.63, 3.8) is 0 Å². The molecule has 2 aromatic carbocycles. The summed E-state index contributed by atoms with van der Waals surface area (Å²) in [5.41, 5.74) is 2.23. The van der Waals surface area contributed by atoms with E-state index in [0.29, 0.717) is 18.6 Å². The Kier molecular flexibility index (Phi) is 6.70. The van der Waals surface area contributed by atoms with Gasteiger partial charge in [-0.3, -0.25) is 0 Å². The minimum Gasteiger partial charge on any atom is -0.508 e. The summed E-state index contributed by atoms with van der Waals surface area (Å²) in [7, 11) is 0. The van der Waals surface area contributed by atoms with E-state index in [4.69, 9.17) is 4.74 Å². The predicted molar refractivity (Wildman–Crippen MR) is 109 cm³/mol. The van der Waals surface area contributed by atoms with Crippen molar-refractivity contribution in [2.24, 2.45) is 0 Å². The molecule has 0 amide bonds. The standard InChI is InChI=1S/C23H29NO4/c1-18-3-5-19(6-4-18)17-23(27)11-14-24(15-12-23)13-2-16-28-22(26)20-7-9-21(25)10-8-20/h3-10,25,27H,2,11-17H2,1H3. The Balaban J connectivity index is 1.35. The monoisotopic (exact) mass is 383 g/mol. The number of carbonyl (C=O) groups excluding carboxylic acids is 1. The molecule has 5 nitrogen and oxygen atoms in total. The minimum absolute atomic E-state index is 0.129. The van der Waals surface area contributed by atoms with Crippen molar-refractivity contribution in [3.8, 4) is 5.75 Å². The summed E-state index contributed by atoms with van der Waals surface area (Å²) in [6, 6.07) is 14.4. The Morgan fingerprint density at radius 1 is 1.07 bits per heavy atom. The van der Waals surface area contributed by atoms with E-state index < -0.39 is 5.60 Å². The molecule has 1 aliphatic rings. The summed E-state index contributed by atoms with van der Waals surface area (Å²) >= 11 is 0. The van der Waals surface area contributed by atoms with Crippen molar-refractivity contribution in [3.05, 3.63) is 65.2 Å². The van der Waals surface area contributed by atoms with Gasteiger partial charge in [-0.15, -0.1) is 0 Å². The fourth-order valence-corrected chi connectivity index (χ4v) is 3.59. The van der Waals surface area contributed by atoms with E-state index in [2.05, 4.69) is 36.1 Å². The van der Waals surface area contributed by atoms with Crippen molar-refractivity contribution in [1.29, 1.82) is 0 Å². The molecule has 1 saturated heterocycles. The van der Waals surface area contributed by atoms with Crippen LogP contribution in [0.1, 0.15) is 40.7 Å². The second kappa shape index (κ2) is 9.22. The summed E-state index contributed by atoms with van der Waals surface area (Å²) in [5, 5.41) is 20.1. The SMILES string of the molecule is Cc1ccc(CC2(O)CCN(CCCOC(=O)c3ccc(O)cc3)CC2)cc1. The fourth-order valence-electron chi connectivity index (χ4n) is 3.59. The Bertz CT molecular complexity index is 762. The van der Waals surface area contributed by atoms with Gasteiger partial charge in [0, 0.05) is 26.1 Å². The van der Waals surface area contributed by atoms with Crippen LogP contribution < -0.4 is 0 Å². The summed E-state index contributed by atoms with van der Waals surface area (Å²) < 4.78 is 5.29. The number of aliphatic hydroxyl groups is 1. The van der Waals surface area contributed by atoms with Gasteiger partial charge in [0.15, 0.2) is 0 Å². The summed E-state index contributed by atoms with van der Waals surface area (Å²) in [4.78, 5) is 14.3. The zero-order valence-electron chi connectivity index (χ0n) is 16.4. The molecule has 28 heavy (non-hydrogen) atoms. The third kappa shape index (κ3) is 5.81. The number of esters is 1. The molecule has 1 aliphatic heterocycles. The molecular formula is C23H29NO4. The van der Waals surface area contributed by atoms with Gasteiger partial charge < -0.3 is 19.8 Å². The number of nitrogens with zero attached hydrogens (tertiary/aromatic N) is 1. The molecule has 0 spiro atoms. The number of likely N-dealkylation sites (tertiary alicyclic amines) is 1. The van der Waals surface area contributed by atoms with Gasteiger partial charge >= 0.3 is 5.97 Å². The normalized spacial score (nSPS) is 16.6. The lowest BCUT2D eigenvalue weighted by Crippen LogP contribution is -2.46. The molecule has 2 N–H and O–H groups in total. The summed E-state index contributed by atoms with van der Waals surface area (Å²) in [6.07, 6.45) is 2.98. The van der Waals surface area contributed by atoms with Crippen LogP contribution in [0.5, 0.6) is 5.75 Å². The van der Waals surface area contributed by atoms with Gasteiger partial charge in [-0.05, 0) is 56.0 Å². The van der Waals surface area contributed by atoms with Gasteiger partial charge in [0.05, 0.1) is 17.8 Å². The van der Waals surface area contributed by atoms with E-state index in [9.17, 15) is 15.0 Å². The van der Waals surface area contributed by atoms with Crippen molar-refractivity contribution >= 4 is 5.97 Å². The highest BCUT2D eigenvalue weighted by atomic mass is 16.5. The van der Waals surface area contributed by atoms with Gasteiger partial charge in [0.25, 0.3) is 0 Å². The van der Waals surface area contributed by atoms with Crippen LogP contribution in [0, 0.1) is 6.92 Å². The third-order valence-electron chi connectivity index (χ3n) is 5.40. The van der Waals surface area contributed by atoms with Crippen LogP contribution in [0.4, 0.5) is 0 Å². The number of ether oxygens (including phenoxy) is 1. The number of rotatable bonds is 7. The smallest absolute Gasteiger partial charge is 0.338 e. The van der Waals surface area contributed by atoms with Crippen molar-refractivity contribution in [2.75, 3.05) is 26.2 Å². The second-order valence-corrected chi connectivity index (χ2v) is 7.76. The molecule has 1 fully saturated rings. The topological polar surface area (TPSA) is 70.0 Å². The number of carbonyl (C=O) groups is 1. The largest absolute Gasteiger partial charge is 0.508 e. The van der Waals surface area contributed by atoms with Gasteiger partial charge in [-0.1, -0.05) is 29.8 Å². The van der Waals surface area contributed by atoms with E-state index in [1.165, 1.54) is 23.3 Å². The van der Waals surface area contributed by atoms with Crippen molar-refractivity contribution in [2.45, 2.75) is 38.2 Å². The Hall–Kier alpha value is -2.37. The molecule has 0 aromatic heterocycles. The van der Waals surface area contributed by atoms with Crippen molar-refractivity contribution in [1.82, 2.24) is 4.90 Å². The molecule has 2 aromatic rings. The van der Waals surface area contributed by atoms with Gasteiger partial charge in [0.1, 0.15) is 5.75 Å². The van der Waals surface area contributed by atoms with E-state index in [1.54, 1.807) is 12.1 Å². The summed E-state index contributed by atoms with van der Waals surface area (Å²) in [5.74, 6) is -0.241. The zero-order chi connectivity index (χ0) is 20.0. The molecule has 0 aliphatic carbocycles. The number of piperidine rings is 1. The molecule has 0 bridgehead atoms. The van der Waals surface area contributed by atoms with Crippen LogP contribution in [-0.2, 0) is 11.2 Å². The number of phenolic OH excluding ortho intramolecular Hbond substituents is 1. The van der Waals surface area contributed by atoms with Crippen LogP contribution in [0.3, 0.4) is 0 Å². The Morgan fingerprint density at radius 2 is 1.71 bits per heavy atom. The van der Waals surface area contributed by atoms with E-state index in [1.807, 2.05) is 0 Å². The molecule has 0 unspecified atom stereocenters. The highest BCUT2D eigenvalue weighted by molar-refractivity contribution is 5.89. The minimum atomic E-state index is -0.628. The van der Waals surface area contributed by atoms with Crippen LogP contribution in [-0.4, -0.2) is 52.9 Å². The average Bonchev–Trinajstić information content (AvgIpc) is 2.69. The van der Waals surface area contributed by atoms with Gasteiger partial charge in [0.2, 0.25) is 0 Å². The quantitative estimate of drug-likeness (QED) is 0.567. The van der Waals surface area contributed by atoms with Crippen molar-refractivity contribution < 1.29 is 19.7 Å². The highest BCUT2D eigenvalue weighted by Gasteiger charge is 2.32. The number of benzene rings is 2. The lowest BCUT2D eigenvalue weighted by Gasteiger charge is -2.38. The maximum atomic E-state index is 11.9. The van der Waals surface area contributed by atoms with E-state index >= 15 is 0 Å². The molecule has 1 heterocycles. The molecule has 150 valence electrons. The molecule has 0 atom stereocenters. The van der Waals surface area contributed by atoms with Gasteiger partial charge in [-0.25, -0.2) is 4.79 Å². The highest BCUT2D eigenvalue weighted by Crippen LogP contribution is 2.26. The number of aromatic hydroxyl groups is 1. The van der Waals surface area contributed by atoms with Crippen LogP contribution in [0.25, 0.3) is 0 Å². The molecule has 3 rings (SSSR count). The maximum absolute atomic E-state index is 11.9. The molecular weight excluding hydrogens is 354 g/mol. The van der Waals surface area contributed by atoms with Crippen LogP contribution in [0.15, 0.2) is 48.5 Å². The first-order valence-corrected chi connectivity index (χ1v) is 9.90. The van der Waals surface area contributed by atoms with Gasteiger partial charge in [-0.2, -0.15) is 0 Å². The number of hydrogen-bond donors (Lipinski definition) is 2. The fraction of sp³-hybridized carbons (Fsp3) is 0.435. The Morgan fingerprint density at radius 3 is 2.36 bits per heavy atom. The lowest BCUT2D eigenvalue weighted by atomic mass is 9.85.